The molecule has 0 fully saturated rings. The van der Waals surface area contributed by atoms with Crippen molar-refractivity contribution in [3.05, 3.63) is 53.0 Å². The van der Waals surface area contributed by atoms with Crippen molar-refractivity contribution < 1.29 is 9.53 Å². The number of rotatable bonds is 10. The number of halogens is 1. The lowest BCUT2D eigenvalue weighted by Crippen LogP contribution is -2.21. The largest absolute Gasteiger partial charge is 0.494 e. The number of unbranched alkanes of at least 4 members (excludes halogenated alkanes) is 3. The second-order valence-electron chi connectivity index (χ2n) is 5.85. The van der Waals surface area contributed by atoms with E-state index in [0.717, 1.165) is 34.6 Å². The molecule has 134 valence electrons. The molecule has 4 nitrogen and oxygen atoms in total. The van der Waals surface area contributed by atoms with Crippen LogP contribution in [0.25, 0.3) is 0 Å². The van der Waals surface area contributed by atoms with Gasteiger partial charge < -0.3 is 15.4 Å². The summed E-state index contributed by atoms with van der Waals surface area (Å²) in [6.45, 7) is 3.16. The topological polar surface area (TPSA) is 50.4 Å². The second-order valence-corrected chi connectivity index (χ2v) is 6.76. The predicted octanol–water partition coefficient (Wildman–Crippen LogP) is 5.46. The van der Waals surface area contributed by atoms with Gasteiger partial charge in [-0.1, -0.05) is 48.2 Å². The number of anilines is 2. The van der Waals surface area contributed by atoms with Gasteiger partial charge in [0.2, 0.25) is 5.91 Å². The number of amides is 1. The van der Waals surface area contributed by atoms with Crippen LogP contribution in [0.15, 0.2) is 53.0 Å². The zero-order chi connectivity index (χ0) is 17.9. The van der Waals surface area contributed by atoms with E-state index in [9.17, 15) is 4.79 Å². The first-order valence-electron chi connectivity index (χ1n) is 8.69. The molecule has 0 unspecified atom stereocenters. The van der Waals surface area contributed by atoms with Gasteiger partial charge in [0.05, 0.1) is 13.2 Å². The first kappa shape index (κ1) is 19.3. The van der Waals surface area contributed by atoms with Crippen LogP contribution in [0, 0.1) is 0 Å². The molecule has 2 aromatic rings. The van der Waals surface area contributed by atoms with Gasteiger partial charge in [-0.2, -0.15) is 0 Å². The van der Waals surface area contributed by atoms with Crippen LogP contribution in [0.5, 0.6) is 5.75 Å². The second kappa shape index (κ2) is 10.8. The number of carbonyl (C=O) groups is 1. The van der Waals surface area contributed by atoms with E-state index in [1.165, 1.54) is 19.3 Å². The normalized spacial score (nSPS) is 10.3. The minimum Gasteiger partial charge on any atom is -0.494 e. The molecular weight excluding hydrogens is 380 g/mol. The van der Waals surface area contributed by atoms with Crippen molar-refractivity contribution in [1.29, 1.82) is 0 Å². The van der Waals surface area contributed by atoms with Gasteiger partial charge >= 0.3 is 0 Å². The van der Waals surface area contributed by atoms with Gasteiger partial charge in [-0.3, -0.25) is 4.79 Å². The summed E-state index contributed by atoms with van der Waals surface area (Å²) in [4.78, 5) is 12.0. The maximum absolute atomic E-state index is 12.0. The maximum Gasteiger partial charge on any atom is 0.243 e. The molecule has 0 saturated carbocycles. The van der Waals surface area contributed by atoms with E-state index < -0.39 is 0 Å². The van der Waals surface area contributed by atoms with Crippen LogP contribution >= 0.6 is 15.9 Å². The smallest absolute Gasteiger partial charge is 0.243 e. The molecule has 2 aromatic carbocycles. The van der Waals surface area contributed by atoms with Gasteiger partial charge in [-0.25, -0.2) is 0 Å². The van der Waals surface area contributed by atoms with Gasteiger partial charge in [-0.05, 0) is 48.9 Å². The molecule has 0 saturated heterocycles. The first-order valence-corrected chi connectivity index (χ1v) is 9.49. The molecule has 0 atom stereocenters. The highest BCUT2D eigenvalue weighted by Gasteiger charge is 2.03. The van der Waals surface area contributed by atoms with Crippen LogP contribution in [0.3, 0.4) is 0 Å². The molecule has 0 aliphatic carbocycles. The quantitative estimate of drug-likeness (QED) is 0.516. The fourth-order valence-corrected chi connectivity index (χ4v) is 2.74. The van der Waals surface area contributed by atoms with Gasteiger partial charge in [0.15, 0.2) is 0 Å². The molecule has 0 aliphatic heterocycles. The third-order valence-corrected chi connectivity index (χ3v) is 4.18. The Bertz CT molecular complexity index is 659. The number of carbonyl (C=O) groups excluding carboxylic acids is 1. The highest BCUT2D eigenvalue weighted by molar-refractivity contribution is 9.10. The first-order chi connectivity index (χ1) is 12.2. The summed E-state index contributed by atoms with van der Waals surface area (Å²) in [5.74, 6) is 0.773. The fraction of sp³-hybridized carbons (Fsp3) is 0.350. The summed E-state index contributed by atoms with van der Waals surface area (Å²) >= 11 is 3.39. The van der Waals surface area contributed by atoms with Crippen molar-refractivity contribution in [3.8, 4) is 5.75 Å². The predicted molar refractivity (Wildman–Crippen MR) is 107 cm³/mol. The zero-order valence-corrected chi connectivity index (χ0v) is 16.1. The zero-order valence-electron chi connectivity index (χ0n) is 14.6. The van der Waals surface area contributed by atoms with Crippen LogP contribution in [0.1, 0.15) is 32.6 Å². The monoisotopic (exact) mass is 404 g/mol. The lowest BCUT2D eigenvalue weighted by molar-refractivity contribution is -0.114. The van der Waals surface area contributed by atoms with Crippen molar-refractivity contribution in [2.75, 3.05) is 23.8 Å². The van der Waals surface area contributed by atoms with Crippen LogP contribution < -0.4 is 15.4 Å². The molecule has 2 N–H and O–H groups in total. The number of ether oxygens (including phenoxy) is 1. The lowest BCUT2D eigenvalue weighted by atomic mass is 10.2. The van der Waals surface area contributed by atoms with Crippen molar-refractivity contribution in [2.45, 2.75) is 32.6 Å². The highest BCUT2D eigenvalue weighted by atomic mass is 79.9. The van der Waals surface area contributed by atoms with E-state index in [1.807, 2.05) is 48.5 Å². The molecule has 2 rings (SSSR count). The Morgan fingerprint density at radius 2 is 1.84 bits per heavy atom. The van der Waals surface area contributed by atoms with Gasteiger partial charge in [0, 0.05) is 15.8 Å². The number of benzene rings is 2. The van der Waals surface area contributed by atoms with E-state index in [0.29, 0.717) is 0 Å². The molecule has 0 bridgehead atoms. The number of hydrogen-bond acceptors (Lipinski definition) is 3. The Kier molecular flexibility index (Phi) is 8.32. The van der Waals surface area contributed by atoms with Crippen molar-refractivity contribution in [2.24, 2.45) is 0 Å². The van der Waals surface area contributed by atoms with Crippen LogP contribution in [-0.2, 0) is 4.79 Å². The van der Waals surface area contributed by atoms with Crippen molar-refractivity contribution >= 4 is 33.2 Å². The molecule has 25 heavy (non-hydrogen) atoms. The van der Waals surface area contributed by atoms with E-state index in [1.54, 1.807) is 0 Å². The maximum atomic E-state index is 12.0. The highest BCUT2D eigenvalue weighted by Crippen LogP contribution is 2.17. The summed E-state index contributed by atoms with van der Waals surface area (Å²) in [5.41, 5.74) is 1.66. The fourth-order valence-electron chi connectivity index (χ4n) is 2.34. The van der Waals surface area contributed by atoms with Gasteiger partial charge in [0.1, 0.15) is 5.75 Å². The van der Waals surface area contributed by atoms with Crippen LogP contribution in [0.2, 0.25) is 0 Å². The summed E-state index contributed by atoms with van der Waals surface area (Å²) in [5, 5.41) is 5.96. The minimum atomic E-state index is -0.0886. The average Bonchev–Trinajstić information content (AvgIpc) is 2.61. The molecule has 0 heterocycles. The molecule has 0 spiro atoms. The Hall–Kier alpha value is -2.01. The molecule has 0 radical (unpaired) electrons. The Labute approximate surface area is 158 Å². The molecule has 1 amide bonds. The summed E-state index contributed by atoms with van der Waals surface area (Å²) in [6, 6.07) is 15.2. The third-order valence-electron chi connectivity index (χ3n) is 3.68. The van der Waals surface area contributed by atoms with Crippen LogP contribution in [-0.4, -0.2) is 19.1 Å². The standard InChI is InChI=1S/C20H25BrN2O2/c1-2-3-4-5-13-25-19-11-9-17(10-12-19)22-15-20(24)23-18-8-6-7-16(21)14-18/h6-12,14,22H,2-5,13,15H2,1H3,(H,23,24). The summed E-state index contributed by atoms with van der Waals surface area (Å²) < 4.78 is 6.65. The molecule has 0 aromatic heterocycles. The van der Waals surface area contributed by atoms with Crippen LogP contribution in [0.4, 0.5) is 11.4 Å². The van der Waals surface area contributed by atoms with Crippen molar-refractivity contribution in [1.82, 2.24) is 0 Å². The molecule has 0 aliphatic rings. The van der Waals surface area contributed by atoms with Gasteiger partial charge in [-0.15, -0.1) is 0 Å². The summed E-state index contributed by atoms with van der Waals surface area (Å²) in [7, 11) is 0. The number of nitrogens with one attached hydrogen (secondary N) is 2. The van der Waals surface area contributed by atoms with E-state index in [-0.39, 0.29) is 12.5 Å². The molecule has 5 heteroatoms. The minimum absolute atomic E-state index is 0.0886. The van der Waals surface area contributed by atoms with E-state index >= 15 is 0 Å². The van der Waals surface area contributed by atoms with E-state index in [2.05, 4.69) is 33.5 Å². The Morgan fingerprint density at radius 1 is 1.04 bits per heavy atom. The third kappa shape index (κ3) is 7.61. The molecular formula is C20H25BrN2O2. The van der Waals surface area contributed by atoms with Gasteiger partial charge in [0.25, 0.3) is 0 Å². The summed E-state index contributed by atoms with van der Waals surface area (Å²) in [6.07, 6.45) is 4.79. The average molecular weight is 405 g/mol. The number of hydrogen-bond donors (Lipinski definition) is 2. The van der Waals surface area contributed by atoms with E-state index in [4.69, 9.17) is 4.74 Å². The Morgan fingerprint density at radius 3 is 2.56 bits per heavy atom. The SMILES string of the molecule is CCCCCCOc1ccc(NCC(=O)Nc2cccc(Br)c2)cc1. The van der Waals surface area contributed by atoms with Crippen molar-refractivity contribution in [3.63, 3.8) is 0 Å². The Balaban J connectivity index is 1.71. The lowest BCUT2D eigenvalue weighted by Gasteiger charge is -2.10.